The molecule has 0 spiro atoms. The van der Waals surface area contributed by atoms with Gasteiger partial charge in [0.05, 0.1) is 17.8 Å². The number of carbonyl (C=O) groups excluding carboxylic acids is 1. The fourth-order valence-corrected chi connectivity index (χ4v) is 6.28. The van der Waals surface area contributed by atoms with E-state index < -0.39 is 0 Å². The molecule has 3 aliphatic rings. The van der Waals surface area contributed by atoms with Crippen molar-refractivity contribution in [2.24, 2.45) is 11.1 Å². The minimum atomic E-state index is -0.0159. The Morgan fingerprint density at radius 1 is 1.21 bits per heavy atom. The summed E-state index contributed by atoms with van der Waals surface area (Å²) in [6.45, 7) is 8.98. The molecule has 2 fully saturated rings. The highest BCUT2D eigenvalue weighted by Gasteiger charge is 2.55. The van der Waals surface area contributed by atoms with Crippen LogP contribution in [0.2, 0.25) is 0 Å². The number of unbranched alkanes of at least 4 members (excludes halogenated alkanes) is 1. The van der Waals surface area contributed by atoms with Gasteiger partial charge in [0.15, 0.2) is 5.82 Å². The highest BCUT2D eigenvalue weighted by molar-refractivity contribution is 6.10. The molecule has 1 aliphatic carbocycles. The molecule has 0 aromatic carbocycles. The lowest BCUT2D eigenvalue weighted by Gasteiger charge is -2.32. The van der Waals surface area contributed by atoms with Gasteiger partial charge in [0.2, 0.25) is 0 Å². The maximum Gasteiger partial charge on any atom is 0.260 e. The molecular weight excluding hydrogens is 490 g/mol. The third-order valence-corrected chi connectivity index (χ3v) is 8.72. The van der Waals surface area contributed by atoms with Crippen LogP contribution in [0.5, 0.6) is 0 Å². The second-order valence-corrected chi connectivity index (χ2v) is 11.6. The predicted molar refractivity (Wildman–Crippen MR) is 151 cm³/mol. The fourth-order valence-electron chi connectivity index (χ4n) is 6.28. The molecule has 1 saturated carbocycles. The van der Waals surface area contributed by atoms with Gasteiger partial charge in [0, 0.05) is 31.2 Å². The van der Waals surface area contributed by atoms with E-state index in [1.54, 1.807) is 11.2 Å². The Kier molecular flexibility index (Phi) is 6.84. The van der Waals surface area contributed by atoms with Crippen LogP contribution in [0.15, 0.2) is 30.6 Å². The molecule has 1 amide bonds. The molecule has 10 nitrogen and oxygen atoms in total. The van der Waals surface area contributed by atoms with Crippen LogP contribution in [-0.4, -0.2) is 68.3 Å². The summed E-state index contributed by atoms with van der Waals surface area (Å²) in [7, 11) is 2.12. The standard InChI is InChI=1S/C29H39N9O/c1-4-36-19-31-34-27(36)22-9-7-10-25(32-22)38-17-21-20(28(38)39)15-26(37-14-8-11-29(2)16-24(29)37)33-23(21)18-35(3)13-6-5-12-30/h7,9-10,15,19,24H,4-6,8,11-14,16-18,30H2,1-3H3/t24?,29-/m1/s1. The summed E-state index contributed by atoms with van der Waals surface area (Å²) in [6, 6.07) is 8.30. The van der Waals surface area contributed by atoms with Gasteiger partial charge < -0.3 is 20.1 Å². The third kappa shape index (κ3) is 4.80. The lowest BCUT2D eigenvalue weighted by molar-refractivity contribution is 0.0996. The Bertz CT molecular complexity index is 1370. The Labute approximate surface area is 230 Å². The minimum Gasteiger partial charge on any atom is -0.353 e. The molecule has 206 valence electrons. The Morgan fingerprint density at radius 2 is 2.08 bits per heavy atom. The number of carbonyl (C=O) groups is 1. The number of anilines is 2. The minimum absolute atomic E-state index is 0.0159. The number of aryl methyl sites for hydroxylation is 1. The maximum atomic E-state index is 13.9. The summed E-state index contributed by atoms with van der Waals surface area (Å²) in [5.74, 6) is 2.25. The van der Waals surface area contributed by atoms with E-state index in [0.29, 0.717) is 48.4 Å². The van der Waals surface area contributed by atoms with Crippen molar-refractivity contribution in [2.45, 2.75) is 71.6 Å². The van der Waals surface area contributed by atoms with Crippen LogP contribution >= 0.6 is 0 Å². The molecule has 1 unspecified atom stereocenters. The van der Waals surface area contributed by atoms with E-state index in [1.165, 1.54) is 19.3 Å². The van der Waals surface area contributed by atoms with E-state index in [2.05, 4.69) is 34.0 Å². The van der Waals surface area contributed by atoms with Gasteiger partial charge in [0.25, 0.3) is 5.91 Å². The van der Waals surface area contributed by atoms with Crippen LogP contribution in [-0.2, 0) is 19.6 Å². The van der Waals surface area contributed by atoms with Gasteiger partial charge in [-0.25, -0.2) is 9.97 Å². The lowest BCUT2D eigenvalue weighted by Crippen LogP contribution is -2.35. The lowest BCUT2D eigenvalue weighted by atomic mass is 9.97. The first-order valence-electron chi connectivity index (χ1n) is 14.3. The highest BCUT2D eigenvalue weighted by Crippen LogP contribution is 2.56. The Balaban J connectivity index is 1.33. The summed E-state index contributed by atoms with van der Waals surface area (Å²) in [4.78, 5) is 30.5. The molecule has 5 heterocycles. The molecule has 10 heteroatoms. The van der Waals surface area contributed by atoms with E-state index in [4.69, 9.17) is 15.7 Å². The van der Waals surface area contributed by atoms with Crippen molar-refractivity contribution >= 4 is 17.5 Å². The van der Waals surface area contributed by atoms with Gasteiger partial charge in [-0.1, -0.05) is 13.0 Å². The van der Waals surface area contributed by atoms with E-state index >= 15 is 0 Å². The molecule has 2 atom stereocenters. The SMILES string of the molecule is CCn1cnnc1-c1cccc(N2Cc3c(cc(N4CCC[C@]5(C)CC45)nc3CN(C)CCCCN)C2=O)n1. The van der Waals surface area contributed by atoms with Crippen LogP contribution in [0, 0.1) is 5.41 Å². The van der Waals surface area contributed by atoms with Crippen molar-refractivity contribution in [2.75, 3.05) is 36.5 Å². The van der Waals surface area contributed by atoms with Gasteiger partial charge in [-0.15, -0.1) is 10.2 Å². The second-order valence-electron chi connectivity index (χ2n) is 11.6. The number of nitrogens with zero attached hydrogens (tertiary/aromatic N) is 8. The maximum absolute atomic E-state index is 13.9. The van der Waals surface area contributed by atoms with Gasteiger partial charge >= 0.3 is 0 Å². The first-order chi connectivity index (χ1) is 18.9. The first-order valence-corrected chi connectivity index (χ1v) is 14.3. The number of piperidine rings is 1. The molecule has 2 N–H and O–H groups in total. The van der Waals surface area contributed by atoms with E-state index in [1.807, 2.05) is 35.8 Å². The van der Waals surface area contributed by atoms with Crippen molar-refractivity contribution in [1.29, 1.82) is 0 Å². The molecule has 3 aromatic rings. The van der Waals surface area contributed by atoms with Crippen LogP contribution in [0.1, 0.15) is 67.6 Å². The summed E-state index contributed by atoms with van der Waals surface area (Å²) in [5, 5.41) is 8.31. The van der Waals surface area contributed by atoms with Crippen molar-refractivity contribution in [1.82, 2.24) is 29.6 Å². The quantitative estimate of drug-likeness (QED) is 0.398. The zero-order valence-corrected chi connectivity index (χ0v) is 23.3. The van der Waals surface area contributed by atoms with E-state index in [9.17, 15) is 4.79 Å². The first kappa shape index (κ1) is 25.9. The topological polar surface area (TPSA) is 109 Å². The van der Waals surface area contributed by atoms with Crippen molar-refractivity contribution in [3.05, 3.63) is 47.4 Å². The van der Waals surface area contributed by atoms with Crippen molar-refractivity contribution in [3.63, 3.8) is 0 Å². The van der Waals surface area contributed by atoms with Crippen LogP contribution in [0.4, 0.5) is 11.6 Å². The van der Waals surface area contributed by atoms with Crippen molar-refractivity contribution < 1.29 is 4.79 Å². The number of hydrogen-bond donors (Lipinski definition) is 1. The van der Waals surface area contributed by atoms with Crippen molar-refractivity contribution in [3.8, 4) is 11.5 Å². The summed E-state index contributed by atoms with van der Waals surface area (Å²) in [6.07, 6.45) is 7.40. The van der Waals surface area contributed by atoms with E-state index in [-0.39, 0.29) is 5.91 Å². The average Bonchev–Trinajstić information content (AvgIpc) is 3.25. The average molecular weight is 530 g/mol. The molecule has 2 aliphatic heterocycles. The number of fused-ring (bicyclic) bond motifs is 2. The summed E-state index contributed by atoms with van der Waals surface area (Å²) >= 11 is 0. The van der Waals surface area contributed by atoms with Gasteiger partial charge in [-0.3, -0.25) is 9.69 Å². The zero-order chi connectivity index (χ0) is 27.1. The number of rotatable bonds is 10. The number of pyridine rings is 2. The number of aromatic nitrogens is 5. The predicted octanol–water partition coefficient (Wildman–Crippen LogP) is 3.46. The molecular formula is C29H39N9O. The number of amides is 1. The largest absolute Gasteiger partial charge is 0.353 e. The van der Waals surface area contributed by atoms with Gasteiger partial charge in [-0.2, -0.15) is 0 Å². The fraction of sp³-hybridized carbons (Fsp3) is 0.552. The number of hydrogen-bond acceptors (Lipinski definition) is 8. The molecule has 39 heavy (non-hydrogen) atoms. The third-order valence-electron chi connectivity index (χ3n) is 8.72. The van der Waals surface area contributed by atoms with Gasteiger partial charge in [-0.05, 0) is 82.8 Å². The molecule has 0 bridgehead atoms. The van der Waals surface area contributed by atoms with Gasteiger partial charge in [0.1, 0.15) is 23.7 Å². The highest BCUT2D eigenvalue weighted by atomic mass is 16.2. The van der Waals surface area contributed by atoms with Crippen LogP contribution in [0.3, 0.4) is 0 Å². The second kappa shape index (κ2) is 10.3. The Hall–Kier alpha value is -3.37. The molecule has 3 aromatic heterocycles. The molecule has 0 radical (unpaired) electrons. The molecule has 1 saturated heterocycles. The summed E-state index contributed by atoms with van der Waals surface area (Å²) in [5.41, 5.74) is 9.56. The van der Waals surface area contributed by atoms with Crippen LogP contribution in [0.25, 0.3) is 11.5 Å². The normalized spacial score (nSPS) is 22.0. The van der Waals surface area contributed by atoms with E-state index in [0.717, 1.165) is 55.1 Å². The summed E-state index contributed by atoms with van der Waals surface area (Å²) < 4.78 is 1.95. The smallest absolute Gasteiger partial charge is 0.260 e. The zero-order valence-electron chi connectivity index (χ0n) is 23.3. The Morgan fingerprint density at radius 3 is 2.90 bits per heavy atom. The molecule has 6 rings (SSSR count). The van der Waals surface area contributed by atoms with Crippen LogP contribution < -0.4 is 15.5 Å². The monoisotopic (exact) mass is 529 g/mol. The number of nitrogens with two attached hydrogens (primary N) is 1.